The normalized spacial score (nSPS) is 21.8. The second-order valence-electron chi connectivity index (χ2n) is 8.40. The highest BCUT2D eigenvalue weighted by atomic mass is 32.2. The Morgan fingerprint density at radius 1 is 1.10 bits per heavy atom. The third-order valence-electron chi connectivity index (χ3n) is 6.06. The molecule has 0 aromatic carbocycles. The topological polar surface area (TPSA) is 87.5 Å². The van der Waals surface area contributed by atoms with E-state index >= 15 is 0 Å². The lowest BCUT2D eigenvalue weighted by atomic mass is 9.98. The number of piperazine rings is 1. The first-order valence-electron chi connectivity index (χ1n) is 10.6. The minimum absolute atomic E-state index is 0.276. The highest BCUT2D eigenvalue weighted by Crippen LogP contribution is 2.25. The highest BCUT2D eigenvalue weighted by Gasteiger charge is 2.28. The number of pyridine rings is 1. The quantitative estimate of drug-likeness (QED) is 0.699. The van der Waals surface area contributed by atoms with Gasteiger partial charge in [0.15, 0.2) is 0 Å². The van der Waals surface area contributed by atoms with Crippen molar-refractivity contribution in [2.45, 2.75) is 38.1 Å². The maximum Gasteiger partial charge on any atom is 0.244 e. The van der Waals surface area contributed by atoms with Gasteiger partial charge in [-0.25, -0.2) is 23.1 Å². The van der Waals surface area contributed by atoms with Crippen LogP contribution in [-0.2, 0) is 16.6 Å². The number of hydrogen-bond donors (Lipinski definition) is 0. The Morgan fingerprint density at radius 2 is 1.87 bits per heavy atom. The van der Waals surface area contributed by atoms with Crippen molar-refractivity contribution in [2.75, 3.05) is 51.2 Å². The molecular formula is C20H31N7O2S. The van der Waals surface area contributed by atoms with E-state index in [2.05, 4.69) is 24.9 Å². The zero-order valence-electron chi connectivity index (χ0n) is 18.0. The number of hydrogen-bond acceptors (Lipinski definition) is 7. The summed E-state index contributed by atoms with van der Waals surface area (Å²) in [6.45, 7) is 9.12. The third-order valence-corrected chi connectivity index (χ3v) is 7.94. The number of rotatable bonds is 5. The SMILES string of the molecule is Cc1nc(C)n(CC2CCCN(c3ccc(S(=O)(=O)N4CCN(C)CC4)cn3)C2)n1. The molecule has 1 atom stereocenters. The molecule has 0 spiro atoms. The number of anilines is 1. The molecule has 2 saturated heterocycles. The lowest BCUT2D eigenvalue weighted by Gasteiger charge is -2.34. The Morgan fingerprint density at radius 3 is 2.50 bits per heavy atom. The number of likely N-dealkylation sites (N-methyl/N-ethyl adjacent to an activating group) is 1. The summed E-state index contributed by atoms with van der Waals surface area (Å²) in [6.07, 6.45) is 3.74. The summed E-state index contributed by atoms with van der Waals surface area (Å²) in [4.78, 5) is 13.6. The molecule has 2 aliphatic heterocycles. The van der Waals surface area contributed by atoms with E-state index in [1.54, 1.807) is 10.4 Å². The van der Waals surface area contributed by atoms with Gasteiger partial charge in [0.25, 0.3) is 0 Å². The van der Waals surface area contributed by atoms with E-state index in [9.17, 15) is 8.42 Å². The summed E-state index contributed by atoms with van der Waals surface area (Å²) < 4.78 is 29.4. The standard InChI is InChI=1S/C20H31N7O2S/c1-16-22-17(2)27(23-16)15-18-5-4-8-25(14-18)20-7-6-19(13-21-20)30(28,29)26-11-9-24(3)10-12-26/h6-7,13,18H,4-5,8-12,14-15H2,1-3H3. The minimum atomic E-state index is -3.48. The van der Waals surface area contributed by atoms with Gasteiger partial charge < -0.3 is 9.80 Å². The second kappa shape index (κ2) is 8.60. The van der Waals surface area contributed by atoms with E-state index in [1.165, 1.54) is 6.20 Å². The molecule has 0 saturated carbocycles. The van der Waals surface area contributed by atoms with Crippen molar-refractivity contribution >= 4 is 15.8 Å². The average Bonchev–Trinajstić information content (AvgIpc) is 3.05. The Bertz CT molecular complexity index is 966. The van der Waals surface area contributed by atoms with Crippen molar-refractivity contribution < 1.29 is 8.42 Å². The molecule has 0 N–H and O–H groups in total. The van der Waals surface area contributed by atoms with Crippen LogP contribution in [0.1, 0.15) is 24.5 Å². The summed E-state index contributed by atoms with van der Waals surface area (Å²) >= 11 is 0. The monoisotopic (exact) mass is 433 g/mol. The molecule has 30 heavy (non-hydrogen) atoms. The molecule has 2 aromatic heterocycles. The van der Waals surface area contributed by atoms with E-state index in [0.717, 1.165) is 63.0 Å². The van der Waals surface area contributed by atoms with Crippen LogP contribution < -0.4 is 4.90 Å². The fraction of sp³-hybridized carbons (Fsp3) is 0.650. The smallest absolute Gasteiger partial charge is 0.244 e. The summed E-state index contributed by atoms with van der Waals surface area (Å²) in [5, 5.41) is 4.49. The van der Waals surface area contributed by atoms with Gasteiger partial charge in [0, 0.05) is 52.0 Å². The number of aromatic nitrogens is 4. The van der Waals surface area contributed by atoms with E-state index in [0.29, 0.717) is 19.0 Å². The van der Waals surface area contributed by atoms with Crippen molar-refractivity contribution in [3.63, 3.8) is 0 Å². The molecule has 0 aliphatic carbocycles. The zero-order chi connectivity index (χ0) is 21.3. The van der Waals surface area contributed by atoms with Gasteiger partial charge in [-0.1, -0.05) is 0 Å². The van der Waals surface area contributed by atoms with Crippen LogP contribution in [0, 0.1) is 19.8 Å². The van der Waals surface area contributed by atoms with Gasteiger partial charge in [0.1, 0.15) is 22.4 Å². The summed E-state index contributed by atoms with van der Waals surface area (Å²) in [6, 6.07) is 3.54. The van der Waals surface area contributed by atoms with Crippen molar-refractivity contribution in [3.8, 4) is 0 Å². The first-order valence-corrected chi connectivity index (χ1v) is 12.0. The summed E-state index contributed by atoms with van der Waals surface area (Å²) in [5.41, 5.74) is 0. The van der Waals surface area contributed by atoms with Gasteiger partial charge in [-0.05, 0) is 51.8 Å². The van der Waals surface area contributed by atoms with Crippen LogP contribution in [0.15, 0.2) is 23.2 Å². The summed E-state index contributed by atoms with van der Waals surface area (Å²) in [7, 11) is -1.47. The van der Waals surface area contributed by atoms with Crippen LogP contribution in [0.5, 0.6) is 0 Å². The van der Waals surface area contributed by atoms with E-state index in [4.69, 9.17) is 0 Å². The minimum Gasteiger partial charge on any atom is -0.356 e. The van der Waals surface area contributed by atoms with Crippen molar-refractivity contribution in [1.29, 1.82) is 0 Å². The molecule has 4 heterocycles. The van der Waals surface area contributed by atoms with E-state index in [1.807, 2.05) is 31.6 Å². The molecule has 2 aliphatic rings. The molecular weight excluding hydrogens is 402 g/mol. The predicted octanol–water partition coefficient (Wildman–Crippen LogP) is 1.14. The number of aryl methyl sites for hydroxylation is 2. The van der Waals surface area contributed by atoms with E-state index < -0.39 is 10.0 Å². The van der Waals surface area contributed by atoms with Gasteiger partial charge in [0.2, 0.25) is 10.0 Å². The number of piperidine rings is 1. The molecule has 1 unspecified atom stereocenters. The summed E-state index contributed by atoms with van der Waals surface area (Å²) in [5.74, 6) is 3.05. The third kappa shape index (κ3) is 4.50. The molecule has 10 heteroatoms. The molecule has 0 bridgehead atoms. The second-order valence-corrected chi connectivity index (χ2v) is 10.3. The Balaban J connectivity index is 1.42. The van der Waals surface area contributed by atoms with Crippen molar-refractivity contribution in [3.05, 3.63) is 30.0 Å². The maximum absolute atomic E-state index is 12.9. The average molecular weight is 434 g/mol. The lowest BCUT2D eigenvalue weighted by molar-refractivity contribution is 0.222. The van der Waals surface area contributed by atoms with Crippen LogP contribution in [0.4, 0.5) is 5.82 Å². The van der Waals surface area contributed by atoms with Crippen molar-refractivity contribution in [2.24, 2.45) is 5.92 Å². The number of nitrogens with zero attached hydrogens (tertiary/aromatic N) is 7. The van der Waals surface area contributed by atoms with Crippen LogP contribution >= 0.6 is 0 Å². The molecule has 2 aromatic rings. The zero-order valence-corrected chi connectivity index (χ0v) is 18.8. The molecule has 4 rings (SSSR count). The van der Waals surface area contributed by atoms with Gasteiger partial charge in [-0.15, -0.1) is 0 Å². The number of sulfonamides is 1. The maximum atomic E-state index is 12.9. The fourth-order valence-electron chi connectivity index (χ4n) is 4.29. The molecule has 0 radical (unpaired) electrons. The van der Waals surface area contributed by atoms with Gasteiger partial charge in [-0.2, -0.15) is 9.40 Å². The molecule has 0 amide bonds. The lowest BCUT2D eigenvalue weighted by Crippen LogP contribution is -2.47. The van der Waals surface area contributed by atoms with Crippen LogP contribution in [0.25, 0.3) is 0 Å². The molecule has 9 nitrogen and oxygen atoms in total. The molecule has 164 valence electrons. The highest BCUT2D eigenvalue weighted by molar-refractivity contribution is 7.89. The van der Waals surface area contributed by atoms with Crippen LogP contribution in [0.3, 0.4) is 0 Å². The van der Waals surface area contributed by atoms with Gasteiger partial charge in [-0.3, -0.25) is 0 Å². The van der Waals surface area contributed by atoms with Crippen LogP contribution in [0.2, 0.25) is 0 Å². The fourth-order valence-corrected chi connectivity index (χ4v) is 5.66. The van der Waals surface area contributed by atoms with Gasteiger partial charge in [0.05, 0.1) is 0 Å². The first kappa shape index (κ1) is 21.2. The van der Waals surface area contributed by atoms with Crippen LogP contribution in [-0.4, -0.2) is 83.7 Å². The Hall–Kier alpha value is -2.04. The predicted molar refractivity (Wildman–Crippen MR) is 115 cm³/mol. The first-order chi connectivity index (χ1) is 14.3. The Labute approximate surface area is 178 Å². The van der Waals surface area contributed by atoms with Gasteiger partial charge >= 0.3 is 0 Å². The largest absolute Gasteiger partial charge is 0.356 e. The Kier molecular flexibility index (Phi) is 6.08. The molecule has 2 fully saturated rings. The van der Waals surface area contributed by atoms with E-state index in [-0.39, 0.29) is 4.90 Å². The van der Waals surface area contributed by atoms with Crippen molar-refractivity contribution in [1.82, 2.24) is 29.0 Å².